The van der Waals surface area contributed by atoms with Gasteiger partial charge in [-0.2, -0.15) is 0 Å². The van der Waals surface area contributed by atoms with Gasteiger partial charge in [0.25, 0.3) is 0 Å². The van der Waals surface area contributed by atoms with Crippen molar-refractivity contribution in [3.8, 4) is 0 Å². The Morgan fingerprint density at radius 3 is 2.54 bits per heavy atom. The fraction of sp³-hybridized carbons (Fsp3) is 0.700. The van der Waals surface area contributed by atoms with E-state index in [0.29, 0.717) is 5.57 Å². The standard InChI is InChI=1S/C10H20N2O/c1-4-6-11-7-5-8-12-10(13)9(2)3/h11H,2,4-8H2,1,3H3,(H,12,13). The van der Waals surface area contributed by atoms with Crippen molar-refractivity contribution in [3.05, 3.63) is 12.2 Å². The molecule has 0 aliphatic heterocycles. The van der Waals surface area contributed by atoms with Gasteiger partial charge in [0.15, 0.2) is 0 Å². The number of hydrogen-bond acceptors (Lipinski definition) is 2. The van der Waals surface area contributed by atoms with E-state index < -0.39 is 0 Å². The van der Waals surface area contributed by atoms with Crippen LogP contribution in [0.2, 0.25) is 0 Å². The molecule has 0 aliphatic carbocycles. The molecule has 0 radical (unpaired) electrons. The van der Waals surface area contributed by atoms with Crippen LogP contribution in [0, 0.1) is 0 Å². The Morgan fingerprint density at radius 2 is 2.00 bits per heavy atom. The van der Waals surface area contributed by atoms with Crippen LogP contribution < -0.4 is 10.6 Å². The Hall–Kier alpha value is -0.830. The van der Waals surface area contributed by atoms with E-state index in [1.807, 2.05) is 0 Å². The van der Waals surface area contributed by atoms with Gasteiger partial charge in [0.2, 0.25) is 5.91 Å². The van der Waals surface area contributed by atoms with E-state index in [4.69, 9.17) is 0 Å². The van der Waals surface area contributed by atoms with Gasteiger partial charge in [-0.25, -0.2) is 0 Å². The number of carbonyl (C=O) groups is 1. The van der Waals surface area contributed by atoms with Crippen molar-refractivity contribution in [3.63, 3.8) is 0 Å². The van der Waals surface area contributed by atoms with E-state index in [-0.39, 0.29) is 5.91 Å². The maximum absolute atomic E-state index is 11.0. The van der Waals surface area contributed by atoms with Crippen molar-refractivity contribution in [1.82, 2.24) is 10.6 Å². The summed E-state index contributed by atoms with van der Waals surface area (Å²) >= 11 is 0. The Labute approximate surface area is 80.6 Å². The third kappa shape index (κ3) is 7.53. The molecule has 0 aromatic rings. The first-order valence-corrected chi connectivity index (χ1v) is 4.83. The summed E-state index contributed by atoms with van der Waals surface area (Å²) in [4.78, 5) is 11.0. The molecule has 1 amide bonds. The van der Waals surface area contributed by atoms with Gasteiger partial charge in [0, 0.05) is 12.1 Å². The SMILES string of the molecule is C=C(C)C(=O)NCCCNCCC. The zero-order valence-electron chi connectivity index (χ0n) is 8.65. The minimum Gasteiger partial charge on any atom is -0.352 e. The fourth-order valence-corrected chi connectivity index (χ4v) is 0.868. The molecule has 0 aliphatic rings. The molecule has 2 N–H and O–H groups in total. The first kappa shape index (κ1) is 12.2. The van der Waals surface area contributed by atoms with Gasteiger partial charge in [0.1, 0.15) is 0 Å². The van der Waals surface area contributed by atoms with Crippen molar-refractivity contribution in [1.29, 1.82) is 0 Å². The second-order valence-electron chi connectivity index (χ2n) is 3.14. The van der Waals surface area contributed by atoms with Crippen LogP contribution in [0.25, 0.3) is 0 Å². The van der Waals surface area contributed by atoms with E-state index in [9.17, 15) is 4.79 Å². The van der Waals surface area contributed by atoms with Gasteiger partial charge in [-0.15, -0.1) is 0 Å². The lowest BCUT2D eigenvalue weighted by molar-refractivity contribution is -0.117. The minimum atomic E-state index is -0.0458. The molecule has 0 saturated carbocycles. The normalized spacial score (nSPS) is 9.69. The zero-order chi connectivity index (χ0) is 10.1. The largest absolute Gasteiger partial charge is 0.352 e. The summed E-state index contributed by atoms with van der Waals surface area (Å²) in [5.74, 6) is -0.0458. The minimum absolute atomic E-state index is 0.0458. The maximum atomic E-state index is 11.0. The second-order valence-corrected chi connectivity index (χ2v) is 3.14. The Bertz CT molecular complexity index is 166. The van der Waals surface area contributed by atoms with Crippen molar-refractivity contribution in [2.45, 2.75) is 26.7 Å². The van der Waals surface area contributed by atoms with Crippen molar-refractivity contribution in [2.24, 2.45) is 0 Å². The van der Waals surface area contributed by atoms with Gasteiger partial charge in [0.05, 0.1) is 0 Å². The molecular formula is C10H20N2O. The molecular weight excluding hydrogens is 164 g/mol. The van der Waals surface area contributed by atoms with Gasteiger partial charge >= 0.3 is 0 Å². The third-order valence-corrected chi connectivity index (χ3v) is 1.63. The van der Waals surface area contributed by atoms with E-state index in [1.54, 1.807) is 6.92 Å². The lowest BCUT2D eigenvalue weighted by atomic mass is 10.3. The third-order valence-electron chi connectivity index (χ3n) is 1.63. The van der Waals surface area contributed by atoms with Gasteiger partial charge in [-0.3, -0.25) is 4.79 Å². The first-order chi connectivity index (χ1) is 6.18. The topological polar surface area (TPSA) is 41.1 Å². The Morgan fingerprint density at radius 1 is 1.31 bits per heavy atom. The van der Waals surface area contributed by atoms with Gasteiger partial charge < -0.3 is 10.6 Å². The van der Waals surface area contributed by atoms with Crippen LogP contribution in [0.3, 0.4) is 0 Å². The van der Waals surface area contributed by atoms with E-state index in [0.717, 1.165) is 32.5 Å². The molecule has 0 aromatic heterocycles. The highest BCUT2D eigenvalue weighted by molar-refractivity contribution is 5.91. The summed E-state index contributed by atoms with van der Waals surface area (Å²) in [6.45, 7) is 10.1. The molecule has 0 unspecified atom stereocenters. The predicted molar refractivity (Wildman–Crippen MR) is 55.6 cm³/mol. The lowest BCUT2D eigenvalue weighted by Gasteiger charge is -2.05. The highest BCUT2D eigenvalue weighted by atomic mass is 16.1. The Kier molecular flexibility index (Phi) is 7.30. The molecule has 13 heavy (non-hydrogen) atoms. The number of rotatable bonds is 7. The summed E-state index contributed by atoms with van der Waals surface area (Å²) in [7, 11) is 0. The number of carbonyl (C=O) groups excluding carboxylic acids is 1. The van der Waals surface area contributed by atoms with E-state index in [2.05, 4.69) is 24.1 Å². The van der Waals surface area contributed by atoms with Crippen LogP contribution in [0.5, 0.6) is 0 Å². The maximum Gasteiger partial charge on any atom is 0.246 e. The summed E-state index contributed by atoms with van der Waals surface area (Å²) in [5, 5.41) is 6.04. The molecule has 0 saturated heterocycles. The summed E-state index contributed by atoms with van der Waals surface area (Å²) in [6, 6.07) is 0. The van der Waals surface area contributed by atoms with E-state index in [1.165, 1.54) is 0 Å². The van der Waals surface area contributed by atoms with Crippen LogP contribution in [-0.2, 0) is 4.79 Å². The van der Waals surface area contributed by atoms with Crippen LogP contribution in [0.15, 0.2) is 12.2 Å². The highest BCUT2D eigenvalue weighted by Gasteiger charge is 1.98. The van der Waals surface area contributed by atoms with Crippen LogP contribution in [0.4, 0.5) is 0 Å². The predicted octanol–water partition coefficient (Wildman–Crippen LogP) is 1.07. The average Bonchev–Trinajstić information content (AvgIpc) is 2.10. The molecule has 0 spiro atoms. The van der Waals surface area contributed by atoms with Crippen molar-refractivity contribution >= 4 is 5.91 Å². The molecule has 0 fully saturated rings. The molecule has 0 atom stereocenters. The van der Waals surface area contributed by atoms with Crippen LogP contribution >= 0.6 is 0 Å². The molecule has 3 nitrogen and oxygen atoms in total. The molecule has 76 valence electrons. The Balaban J connectivity index is 3.16. The summed E-state index contributed by atoms with van der Waals surface area (Å²) < 4.78 is 0. The van der Waals surface area contributed by atoms with Crippen molar-refractivity contribution < 1.29 is 4.79 Å². The summed E-state index contributed by atoms with van der Waals surface area (Å²) in [5.41, 5.74) is 0.571. The van der Waals surface area contributed by atoms with Crippen LogP contribution in [-0.4, -0.2) is 25.5 Å². The number of hydrogen-bond donors (Lipinski definition) is 2. The second kappa shape index (κ2) is 7.80. The quantitative estimate of drug-likeness (QED) is 0.459. The van der Waals surface area contributed by atoms with Gasteiger partial charge in [-0.05, 0) is 32.9 Å². The molecule has 3 heteroatoms. The average molecular weight is 184 g/mol. The first-order valence-electron chi connectivity index (χ1n) is 4.83. The highest BCUT2D eigenvalue weighted by Crippen LogP contribution is 1.85. The molecule has 0 rings (SSSR count). The van der Waals surface area contributed by atoms with Crippen LogP contribution in [0.1, 0.15) is 26.7 Å². The fourth-order valence-electron chi connectivity index (χ4n) is 0.868. The summed E-state index contributed by atoms with van der Waals surface area (Å²) in [6.07, 6.45) is 2.12. The number of amides is 1. The monoisotopic (exact) mass is 184 g/mol. The molecule has 0 heterocycles. The molecule has 0 aromatic carbocycles. The smallest absolute Gasteiger partial charge is 0.246 e. The molecule has 0 bridgehead atoms. The van der Waals surface area contributed by atoms with Gasteiger partial charge in [-0.1, -0.05) is 13.5 Å². The lowest BCUT2D eigenvalue weighted by Crippen LogP contribution is -2.27. The van der Waals surface area contributed by atoms with E-state index >= 15 is 0 Å². The number of nitrogens with one attached hydrogen (secondary N) is 2. The van der Waals surface area contributed by atoms with Crippen molar-refractivity contribution in [2.75, 3.05) is 19.6 Å². The zero-order valence-corrected chi connectivity index (χ0v) is 8.65.